The van der Waals surface area contributed by atoms with Crippen LogP contribution in [0, 0.1) is 23.8 Å². The average molecular weight is 1070 g/mol. The molecule has 0 bridgehead atoms. The fraction of sp³-hybridized carbons (Fsp3) is 0.130. The number of halogens is 2. The van der Waals surface area contributed by atoms with Crippen LogP contribution in [0.5, 0.6) is 0 Å². The van der Waals surface area contributed by atoms with E-state index in [2.05, 4.69) is 102 Å². The second-order valence-electron chi connectivity index (χ2n) is 17.5. The molecular weight excluding hydrogens is 1020 g/mol. The van der Waals surface area contributed by atoms with Crippen LogP contribution >= 0.6 is 0 Å². The van der Waals surface area contributed by atoms with Gasteiger partial charge in [0, 0.05) is 37.4 Å². The van der Waals surface area contributed by atoms with Crippen molar-refractivity contribution in [3.05, 3.63) is 187 Å². The van der Waals surface area contributed by atoms with Crippen molar-refractivity contribution in [1.82, 2.24) is 19.5 Å². The molecule has 4 aromatic heterocycles. The molecule has 9 heteroatoms. The van der Waals surface area contributed by atoms with E-state index < -0.39 is 13.3 Å². The zero-order valence-corrected chi connectivity index (χ0v) is 40.3. The Morgan fingerprint density at radius 3 is 2.13 bits per heavy atom. The third-order valence-electron chi connectivity index (χ3n) is 11.1. The van der Waals surface area contributed by atoms with Gasteiger partial charge in [-0.25, -0.2) is 8.78 Å². The molecule has 10 aromatic rings. The summed E-state index contributed by atoms with van der Waals surface area (Å²) in [5.74, 6) is 7.08. The Morgan fingerprint density at radius 1 is 0.667 bits per heavy atom. The molecule has 0 aliphatic heterocycles. The van der Waals surface area contributed by atoms with Crippen LogP contribution in [0.25, 0.3) is 83.7 Å². The number of hydrogen-bond donors (Lipinski definition) is 0. The van der Waals surface area contributed by atoms with Crippen molar-refractivity contribution in [3.63, 3.8) is 0 Å². The molecule has 0 N–H and O–H groups in total. The largest absolute Gasteiger partial charge is 0 e. The number of benzene rings is 6. The number of nitrogens with zero attached hydrogens (tertiary/aromatic N) is 4. The third kappa shape index (κ3) is 8.81. The molecule has 1 radical (unpaired) electrons. The molecule has 0 unspecified atom stereocenters. The first-order chi connectivity index (χ1) is 29.8. The minimum Gasteiger partial charge on any atom is 0 e. The molecule has 0 atom stereocenters. The summed E-state index contributed by atoms with van der Waals surface area (Å²) in [4.78, 5) is 14.4. The van der Waals surface area contributed by atoms with Crippen LogP contribution in [0.2, 0.25) is 17.3 Å². The number of fused-ring (bicyclic) bond motifs is 4. The van der Waals surface area contributed by atoms with Gasteiger partial charge in [0.2, 0.25) is 0 Å². The monoisotopic (exact) mass is 1070 g/mol. The van der Waals surface area contributed by atoms with Crippen molar-refractivity contribution in [2.45, 2.75) is 43.5 Å². The van der Waals surface area contributed by atoms with Gasteiger partial charge in [0.15, 0.2) is 0 Å². The number of para-hydroxylation sites is 1. The van der Waals surface area contributed by atoms with E-state index in [1.807, 2.05) is 66.9 Å². The molecule has 0 aliphatic carbocycles. The summed E-state index contributed by atoms with van der Waals surface area (Å²) in [6.45, 7) is 6.53. The quantitative estimate of drug-likeness (QED) is 0.123. The van der Waals surface area contributed by atoms with Crippen molar-refractivity contribution in [2.24, 2.45) is 0 Å². The summed E-state index contributed by atoms with van der Waals surface area (Å²) in [6, 6.07) is 52.1. The smallest absolute Gasteiger partial charge is 0 e. The predicted octanol–water partition coefficient (Wildman–Crippen LogP) is 13.8. The van der Waals surface area contributed by atoms with E-state index in [1.54, 1.807) is 24.4 Å². The van der Waals surface area contributed by atoms with Gasteiger partial charge in [-0.2, -0.15) is 0 Å². The van der Waals surface area contributed by atoms with Gasteiger partial charge in [0.25, 0.3) is 0 Å². The van der Waals surface area contributed by atoms with Crippen LogP contribution in [0.1, 0.15) is 26.3 Å². The minimum atomic E-state index is -1.72. The maximum absolute atomic E-state index is 15.0. The summed E-state index contributed by atoms with van der Waals surface area (Å²) in [7, 11) is 0. The molecule has 0 saturated carbocycles. The molecule has 0 fully saturated rings. The number of imidazole rings is 1. The van der Waals surface area contributed by atoms with Gasteiger partial charge in [-0.15, -0.1) is 18.2 Å². The molecule has 4 heterocycles. The number of furan rings is 1. The molecule has 0 aliphatic rings. The molecule has 6 aromatic carbocycles. The topological polar surface area (TPSA) is 56.7 Å². The van der Waals surface area contributed by atoms with Gasteiger partial charge < -0.3 is 8.98 Å². The van der Waals surface area contributed by atoms with E-state index in [-0.39, 0.29) is 37.2 Å². The molecule has 0 amide bonds. The number of aromatic nitrogens is 4. The van der Waals surface area contributed by atoms with Crippen molar-refractivity contribution in [2.75, 3.05) is 0 Å². The molecule has 315 valence electrons. The van der Waals surface area contributed by atoms with Gasteiger partial charge in [-0.1, -0.05) is 87.0 Å². The molecule has 0 spiro atoms. The van der Waals surface area contributed by atoms with Crippen LogP contribution in [0.4, 0.5) is 8.78 Å². The van der Waals surface area contributed by atoms with Crippen LogP contribution in [-0.4, -0.2) is 32.8 Å². The van der Waals surface area contributed by atoms with E-state index >= 15 is 0 Å². The third-order valence-corrected chi connectivity index (χ3v) is 15.3. The first kappa shape index (κ1) is 43.6. The normalized spacial score (nSPS) is 11.7. The zero-order chi connectivity index (χ0) is 43.2. The summed E-state index contributed by atoms with van der Waals surface area (Å²) in [5.41, 5.74) is 11.3. The van der Waals surface area contributed by atoms with E-state index in [0.29, 0.717) is 39.1 Å². The van der Waals surface area contributed by atoms with E-state index in [4.69, 9.17) is 14.4 Å². The van der Waals surface area contributed by atoms with E-state index in [1.165, 1.54) is 28.7 Å². The Balaban J connectivity index is 0.000000271. The van der Waals surface area contributed by atoms with Crippen molar-refractivity contribution in [1.29, 1.82) is 0 Å². The SMILES string of the molecule is CC(C)(C)c1cccc(-c2ccccc2)c1-n1c(-c2[c-]ccc3c2oc2cc(-c4ccc(F)cc4)cnc23)nc2ccc(F)cc21.[CH3][Ge]([CH3])([CH3])[c]1ccc(-c2[c-]cccc2)nc1.[Ir]. The maximum atomic E-state index is 15.0. The van der Waals surface area contributed by atoms with Crippen LogP contribution in [0.15, 0.2) is 162 Å². The Labute approximate surface area is 382 Å². The Morgan fingerprint density at radius 2 is 1.43 bits per heavy atom. The fourth-order valence-corrected chi connectivity index (χ4v) is 9.98. The molecule has 63 heavy (non-hydrogen) atoms. The Kier molecular flexibility index (Phi) is 12.2. The number of rotatable bonds is 6. The molecular formula is C54H44F2GeIrN4O-2. The van der Waals surface area contributed by atoms with Crippen LogP contribution in [-0.2, 0) is 25.5 Å². The second-order valence-corrected chi connectivity index (χ2v) is 28.1. The summed E-state index contributed by atoms with van der Waals surface area (Å²) in [6.07, 6.45) is 3.81. The van der Waals surface area contributed by atoms with Crippen molar-refractivity contribution >= 4 is 50.8 Å². The van der Waals surface area contributed by atoms with Crippen molar-refractivity contribution in [3.8, 4) is 50.6 Å². The first-order valence-corrected chi connectivity index (χ1v) is 28.0. The fourth-order valence-electron chi connectivity index (χ4n) is 7.81. The summed E-state index contributed by atoms with van der Waals surface area (Å²) in [5, 5.41) is 0.812. The molecule has 10 rings (SSSR count). The number of hydrogen-bond acceptors (Lipinski definition) is 4. The van der Waals surface area contributed by atoms with Gasteiger partial charge in [-0.05, 0) is 63.9 Å². The van der Waals surface area contributed by atoms with Crippen molar-refractivity contribution < 1.29 is 33.3 Å². The molecule has 0 saturated heterocycles. The first-order valence-electron chi connectivity index (χ1n) is 20.6. The van der Waals surface area contributed by atoms with Gasteiger partial charge in [-0.3, -0.25) is 9.97 Å². The summed E-state index contributed by atoms with van der Waals surface area (Å²) >= 11 is -1.72. The second kappa shape index (κ2) is 17.6. The predicted molar refractivity (Wildman–Crippen MR) is 251 cm³/mol. The average Bonchev–Trinajstić information content (AvgIpc) is 3.84. The molecule has 5 nitrogen and oxygen atoms in total. The Hall–Kier alpha value is -6.06. The van der Waals surface area contributed by atoms with E-state index in [0.717, 1.165) is 50.1 Å². The Bertz CT molecular complexity index is 3210. The van der Waals surface area contributed by atoms with Gasteiger partial charge in [0.05, 0.1) is 33.6 Å². The van der Waals surface area contributed by atoms with Gasteiger partial charge >= 0.3 is 99.8 Å². The summed E-state index contributed by atoms with van der Waals surface area (Å²) < 4.78 is 38.6. The van der Waals surface area contributed by atoms with Gasteiger partial charge in [0.1, 0.15) is 17.2 Å². The number of pyridine rings is 2. The maximum Gasteiger partial charge on any atom is 0 e. The minimum absolute atomic E-state index is 0. The van der Waals surface area contributed by atoms with E-state index in [9.17, 15) is 8.78 Å². The standard InChI is InChI=1S/C40H28F2N3O.C14H16GeN.Ir/c1-40(2,3)32-14-8-11-29(25-9-5-4-6-10-25)37(32)45-34-22-28(42)19-20-33(34)44-39(45)31-13-7-12-30-36-35(46-38(30)31)21-26(23-43-36)24-15-17-27(41)18-16-24;1-15(2,3)13-9-10-14(16-11-13)12-7-5-4-6-8-12;/h4-12,14-23H,1-3H3;4-7,9-11H,1-3H3;/q2*-1;. The zero-order valence-electron chi connectivity index (χ0n) is 35.8. The van der Waals surface area contributed by atoms with Crippen LogP contribution in [0.3, 0.4) is 0 Å². The van der Waals surface area contributed by atoms with Crippen LogP contribution < -0.4 is 4.40 Å².